The van der Waals surface area contributed by atoms with Crippen LogP contribution in [-0.2, 0) is 11.3 Å². The molecule has 0 bridgehead atoms. The first-order valence-electron chi connectivity index (χ1n) is 9.95. The number of ether oxygens (including phenoxy) is 1. The van der Waals surface area contributed by atoms with E-state index in [0.29, 0.717) is 48.8 Å². The van der Waals surface area contributed by atoms with Gasteiger partial charge in [-0.05, 0) is 43.8 Å². The number of nitrogens with one attached hydrogen (secondary N) is 1. The van der Waals surface area contributed by atoms with Crippen LogP contribution in [0, 0.1) is 11.3 Å². The molecule has 8 nitrogen and oxygen atoms in total. The van der Waals surface area contributed by atoms with Crippen LogP contribution in [0.2, 0.25) is 0 Å². The summed E-state index contributed by atoms with van der Waals surface area (Å²) in [6.07, 6.45) is 1.58. The number of hydrogen-bond acceptors (Lipinski definition) is 7. The summed E-state index contributed by atoms with van der Waals surface area (Å²) in [6.45, 7) is 4.19. The zero-order chi connectivity index (χ0) is 22.8. The lowest BCUT2D eigenvalue weighted by Gasteiger charge is -2.25. The van der Waals surface area contributed by atoms with Crippen LogP contribution in [0.3, 0.4) is 0 Å². The summed E-state index contributed by atoms with van der Waals surface area (Å²) in [5, 5.41) is 19.3. The highest BCUT2D eigenvalue weighted by Gasteiger charge is 2.16. The summed E-state index contributed by atoms with van der Waals surface area (Å²) < 4.78 is 5.41. The van der Waals surface area contributed by atoms with E-state index in [0.717, 1.165) is 5.56 Å². The lowest BCUT2D eigenvalue weighted by atomic mass is 10.1. The van der Waals surface area contributed by atoms with E-state index in [1.54, 1.807) is 48.4 Å². The number of amides is 1. The smallest absolute Gasteiger partial charge is 0.281 e. The number of carbonyl (C=O) groups excluding carboxylic acids is 1. The van der Waals surface area contributed by atoms with Crippen LogP contribution in [0.25, 0.3) is 6.08 Å². The van der Waals surface area contributed by atoms with Gasteiger partial charge in [0.25, 0.3) is 5.91 Å². The quantitative estimate of drug-likeness (QED) is 0.232. The predicted octanol–water partition coefficient (Wildman–Crippen LogP) is 2.06. The number of hydrogen-bond donors (Lipinski definition) is 3. The van der Waals surface area contributed by atoms with Crippen LogP contribution in [0.1, 0.15) is 23.6 Å². The molecular formula is C23H29N5O3. The van der Waals surface area contributed by atoms with E-state index < -0.39 is 5.91 Å². The van der Waals surface area contributed by atoms with Crippen molar-refractivity contribution < 1.29 is 14.6 Å². The third-order valence-corrected chi connectivity index (χ3v) is 4.75. The van der Waals surface area contributed by atoms with Gasteiger partial charge in [-0.15, -0.1) is 0 Å². The van der Waals surface area contributed by atoms with Gasteiger partial charge in [-0.2, -0.15) is 5.26 Å². The highest BCUT2D eigenvalue weighted by molar-refractivity contribution is 5.97. The van der Waals surface area contributed by atoms with E-state index in [4.69, 9.17) is 15.8 Å². The fraction of sp³-hybridized carbons (Fsp3) is 0.304. The summed E-state index contributed by atoms with van der Waals surface area (Å²) in [4.78, 5) is 16.3. The number of carbonyl (C=O) groups is 1. The molecule has 0 aliphatic heterocycles. The van der Waals surface area contributed by atoms with Gasteiger partial charge >= 0.3 is 0 Å². The zero-order valence-corrected chi connectivity index (χ0v) is 18.1. The second-order valence-corrected chi connectivity index (χ2v) is 7.10. The number of likely N-dealkylation sites (N-methyl/N-ethyl adjacent to an activating group) is 2. The fourth-order valence-electron chi connectivity index (χ4n) is 3.01. The number of nitriles is 1. The molecule has 2 aromatic rings. The number of rotatable bonds is 10. The van der Waals surface area contributed by atoms with Crippen LogP contribution in [0.5, 0.6) is 11.5 Å². The third-order valence-electron chi connectivity index (χ3n) is 4.75. The summed E-state index contributed by atoms with van der Waals surface area (Å²) in [7, 11) is 3.77. The Labute approximate surface area is 183 Å². The molecule has 4 N–H and O–H groups in total. The second kappa shape index (κ2) is 11.6. The minimum absolute atomic E-state index is 0.0296. The molecule has 1 amide bonds. The average molecular weight is 424 g/mol. The average Bonchev–Trinajstić information content (AvgIpc) is 2.78. The molecule has 0 spiro atoms. The molecule has 0 radical (unpaired) electrons. The molecule has 0 atom stereocenters. The van der Waals surface area contributed by atoms with Crippen molar-refractivity contribution >= 4 is 12.0 Å². The summed E-state index contributed by atoms with van der Waals surface area (Å²) in [5.41, 5.74) is 4.66. The van der Waals surface area contributed by atoms with Gasteiger partial charge in [0.2, 0.25) is 0 Å². The monoisotopic (exact) mass is 423 g/mol. The Bertz CT molecular complexity index is 951. The molecule has 0 heterocycles. The molecule has 0 aliphatic rings. The number of hydrazine groups is 1. The van der Waals surface area contributed by atoms with Crippen molar-refractivity contribution in [3.05, 3.63) is 64.9 Å². The van der Waals surface area contributed by atoms with Gasteiger partial charge in [0.1, 0.15) is 5.70 Å². The SMILES string of the molecule is CCOc1cccc(/C=C(\C(=O)NN)N(C)CCN(C)Cc2ccc(C#N)cc2)c1O. The molecule has 2 aromatic carbocycles. The highest BCUT2D eigenvalue weighted by Crippen LogP contribution is 2.31. The van der Waals surface area contributed by atoms with Crippen molar-refractivity contribution in [1.82, 2.24) is 15.2 Å². The molecule has 0 aliphatic carbocycles. The van der Waals surface area contributed by atoms with Gasteiger partial charge in [-0.1, -0.05) is 24.3 Å². The largest absolute Gasteiger partial charge is 0.504 e. The maximum Gasteiger partial charge on any atom is 0.281 e. The van der Waals surface area contributed by atoms with Crippen LogP contribution in [-0.4, -0.2) is 54.6 Å². The number of phenols is 1. The summed E-state index contributed by atoms with van der Waals surface area (Å²) >= 11 is 0. The number of aromatic hydroxyl groups is 1. The van der Waals surface area contributed by atoms with Gasteiger partial charge in [-0.3, -0.25) is 10.2 Å². The first kappa shape index (κ1) is 23.7. The Balaban J connectivity index is 2.10. The molecule has 0 fully saturated rings. The van der Waals surface area contributed by atoms with E-state index in [9.17, 15) is 9.90 Å². The molecule has 0 aromatic heterocycles. The third kappa shape index (κ3) is 6.74. The Morgan fingerprint density at radius 3 is 2.55 bits per heavy atom. The minimum Gasteiger partial charge on any atom is -0.504 e. The highest BCUT2D eigenvalue weighted by atomic mass is 16.5. The van der Waals surface area contributed by atoms with Crippen molar-refractivity contribution in [1.29, 1.82) is 5.26 Å². The molecule has 0 saturated heterocycles. The van der Waals surface area contributed by atoms with E-state index in [1.807, 2.05) is 26.1 Å². The fourth-order valence-corrected chi connectivity index (χ4v) is 3.01. The maximum absolute atomic E-state index is 12.4. The van der Waals surface area contributed by atoms with Crippen molar-refractivity contribution in [3.8, 4) is 17.6 Å². The second-order valence-electron chi connectivity index (χ2n) is 7.10. The van der Waals surface area contributed by atoms with E-state index in [2.05, 4.69) is 16.4 Å². The molecule has 0 saturated carbocycles. The van der Waals surface area contributed by atoms with E-state index in [-0.39, 0.29) is 5.75 Å². The number of benzene rings is 2. The molecule has 0 unspecified atom stereocenters. The molecule has 8 heteroatoms. The van der Waals surface area contributed by atoms with Crippen molar-refractivity contribution in [3.63, 3.8) is 0 Å². The topological polar surface area (TPSA) is 115 Å². The number of phenolic OH excluding ortho intramolecular Hbond substituents is 1. The Kier molecular flexibility index (Phi) is 8.88. The number of nitrogens with zero attached hydrogens (tertiary/aromatic N) is 3. The summed E-state index contributed by atoms with van der Waals surface area (Å²) in [6, 6.07) is 14.7. The van der Waals surface area contributed by atoms with Crippen molar-refractivity contribution in [2.24, 2.45) is 5.84 Å². The van der Waals surface area contributed by atoms with Crippen molar-refractivity contribution in [2.45, 2.75) is 13.5 Å². The lowest BCUT2D eigenvalue weighted by molar-refractivity contribution is -0.118. The molecule has 2 rings (SSSR count). The first-order valence-corrected chi connectivity index (χ1v) is 9.95. The zero-order valence-electron chi connectivity index (χ0n) is 18.1. The Hall–Kier alpha value is -3.54. The molecule has 31 heavy (non-hydrogen) atoms. The van der Waals surface area contributed by atoms with Gasteiger partial charge in [-0.25, -0.2) is 5.84 Å². The number of nitrogens with two attached hydrogens (primary N) is 1. The van der Waals surface area contributed by atoms with Crippen LogP contribution in [0.15, 0.2) is 48.2 Å². The Morgan fingerprint density at radius 1 is 1.23 bits per heavy atom. The minimum atomic E-state index is -0.460. The lowest BCUT2D eigenvalue weighted by Crippen LogP contribution is -2.39. The van der Waals surface area contributed by atoms with Crippen LogP contribution < -0.4 is 16.0 Å². The van der Waals surface area contributed by atoms with Crippen LogP contribution >= 0.6 is 0 Å². The predicted molar refractivity (Wildman–Crippen MR) is 120 cm³/mol. The van der Waals surface area contributed by atoms with E-state index in [1.165, 1.54) is 0 Å². The van der Waals surface area contributed by atoms with Gasteiger partial charge in [0.15, 0.2) is 11.5 Å². The van der Waals surface area contributed by atoms with Crippen molar-refractivity contribution in [2.75, 3.05) is 33.8 Å². The van der Waals surface area contributed by atoms with Gasteiger partial charge in [0, 0.05) is 32.2 Å². The molecular weight excluding hydrogens is 394 g/mol. The summed E-state index contributed by atoms with van der Waals surface area (Å²) in [5.74, 6) is 5.24. The number of para-hydroxylation sites is 1. The Morgan fingerprint density at radius 2 is 1.94 bits per heavy atom. The van der Waals surface area contributed by atoms with Crippen LogP contribution in [0.4, 0.5) is 0 Å². The molecule has 164 valence electrons. The maximum atomic E-state index is 12.4. The van der Waals surface area contributed by atoms with E-state index >= 15 is 0 Å². The first-order chi connectivity index (χ1) is 14.9. The normalized spacial score (nSPS) is 11.2. The van der Waals surface area contributed by atoms with Gasteiger partial charge < -0.3 is 19.6 Å². The van der Waals surface area contributed by atoms with Gasteiger partial charge in [0.05, 0.1) is 18.2 Å². The standard InChI is InChI=1S/C23H29N5O3/c1-4-31-21-7-5-6-19(22(21)29)14-20(23(30)26-25)28(3)13-12-27(2)16-18-10-8-17(15-24)9-11-18/h5-11,14,29H,4,12-13,16,25H2,1-3H3,(H,26,30)/b20-14+.